The molecule has 0 spiro atoms. The van der Waals surface area contributed by atoms with Crippen LogP contribution in [0.25, 0.3) is 0 Å². The smallest absolute Gasteiger partial charge is 0.212 e. The Morgan fingerprint density at radius 1 is 1.05 bits per heavy atom. The van der Waals surface area contributed by atoms with E-state index >= 15 is 0 Å². The normalized spacial score (nSPS) is 13.6. The Morgan fingerprint density at radius 2 is 1.67 bits per heavy atom. The van der Waals surface area contributed by atoms with E-state index in [9.17, 15) is 8.42 Å². The fourth-order valence-corrected chi connectivity index (χ4v) is 3.44. The van der Waals surface area contributed by atoms with Crippen molar-refractivity contribution < 1.29 is 8.42 Å². The molecular formula is C16H28N2O2S. The Kier molecular flexibility index (Phi) is 7.35. The Balaban J connectivity index is 2.39. The minimum atomic E-state index is -3.22. The van der Waals surface area contributed by atoms with Crippen molar-refractivity contribution >= 4 is 10.0 Å². The van der Waals surface area contributed by atoms with Crippen LogP contribution in [0.15, 0.2) is 24.3 Å². The van der Waals surface area contributed by atoms with Gasteiger partial charge in [0.25, 0.3) is 0 Å². The maximum absolute atomic E-state index is 12.0. The number of hydrogen-bond donors (Lipinski definition) is 2. The molecule has 0 fully saturated rings. The Hall–Kier alpha value is -0.910. The van der Waals surface area contributed by atoms with Crippen LogP contribution in [0, 0.1) is 6.92 Å². The first-order valence-electron chi connectivity index (χ1n) is 7.60. The molecule has 1 atom stereocenters. The Bertz CT molecular complexity index is 510. The summed E-state index contributed by atoms with van der Waals surface area (Å²) in [6, 6.07) is 8.19. The highest BCUT2D eigenvalue weighted by Crippen LogP contribution is 2.14. The second-order valence-electron chi connectivity index (χ2n) is 5.89. The third kappa shape index (κ3) is 7.60. The van der Waals surface area contributed by atoms with Gasteiger partial charge in [-0.25, -0.2) is 13.1 Å². The first-order chi connectivity index (χ1) is 9.80. The molecule has 120 valence electrons. The summed E-state index contributed by atoms with van der Waals surface area (Å²) in [7, 11) is -3.22. The van der Waals surface area contributed by atoms with E-state index in [4.69, 9.17) is 0 Å². The van der Waals surface area contributed by atoms with Gasteiger partial charge >= 0.3 is 0 Å². The highest BCUT2D eigenvalue weighted by Gasteiger charge is 2.15. The van der Waals surface area contributed by atoms with Crippen LogP contribution in [0.4, 0.5) is 0 Å². The predicted molar refractivity (Wildman–Crippen MR) is 88.9 cm³/mol. The fourth-order valence-electron chi connectivity index (χ4n) is 2.06. The summed E-state index contributed by atoms with van der Waals surface area (Å²) < 4.78 is 26.8. The standard InChI is InChI=1S/C16H28N2O2S/c1-13(2)17-11-5-6-12-21(19,20)18-15(4)16-9-7-14(3)8-10-16/h7-10,13,15,17-18H,5-6,11-12H2,1-4H3. The highest BCUT2D eigenvalue weighted by atomic mass is 32.2. The summed E-state index contributed by atoms with van der Waals surface area (Å²) in [6.45, 7) is 8.93. The molecule has 5 heteroatoms. The highest BCUT2D eigenvalue weighted by molar-refractivity contribution is 7.89. The van der Waals surface area contributed by atoms with Crippen LogP contribution in [0.1, 0.15) is 50.8 Å². The third-order valence-corrected chi connectivity index (χ3v) is 4.86. The summed E-state index contributed by atoms with van der Waals surface area (Å²) in [5.74, 6) is 0.184. The first-order valence-corrected chi connectivity index (χ1v) is 9.25. The maximum atomic E-state index is 12.0. The molecule has 4 nitrogen and oxygen atoms in total. The van der Waals surface area contributed by atoms with Crippen LogP contribution in [-0.4, -0.2) is 26.8 Å². The molecule has 0 bridgehead atoms. The molecule has 0 radical (unpaired) electrons. The molecule has 1 aromatic carbocycles. The molecule has 0 aliphatic carbocycles. The van der Waals surface area contributed by atoms with Crippen molar-refractivity contribution in [1.29, 1.82) is 0 Å². The Labute approximate surface area is 129 Å². The van der Waals surface area contributed by atoms with E-state index in [1.54, 1.807) is 0 Å². The van der Waals surface area contributed by atoms with Gasteiger partial charge in [0.15, 0.2) is 0 Å². The second kappa shape index (κ2) is 8.51. The molecule has 2 N–H and O–H groups in total. The molecule has 0 heterocycles. The van der Waals surface area contributed by atoms with E-state index in [0.717, 1.165) is 18.5 Å². The number of nitrogens with one attached hydrogen (secondary N) is 2. The second-order valence-corrected chi connectivity index (χ2v) is 7.76. The number of sulfonamides is 1. The molecule has 0 aliphatic rings. The lowest BCUT2D eigenvalue weighted by Gasteiger charge is -2.15. The van der Waals surface area contributed by atoms with E-state index in [2.05, 4.69) is 23.9 Å². The average molecular weight is 312 g/mol. The summed E-state index contributed by atoms with van der Waals surface area (Å²) in [5, 5.41) is 3.29. The van der Waals surface area contributed by atoms with Gasteiger partial charge in [0, 0.05) is 12.1 Å². The summed E-state index contributed by atoms with van der Waals surface area (Å²) in [5.41, 5.74) is 2.16. The number of unbranched alkanes of at least 4 members (excludes halogenated alkanes) is 1. The molecule has 0 saturated heterocycles. The average Bonchev–Trinajstić information content (AvgIpc) is 2.38. The van der Waals surface area contributed by atoms with Gasteiger partial charge < -0.3 is 5.32 Å². The van der Waals surface area contributed by atoms with E-state index in [1.165, 1.54) is 5.56 Å². The largest absolute Gasteiger partial charge is 0.315 e. The molecule has 0 amide bonds. The molecular weight excluding hydrogens is 284 g/mol. The lowest BCUT2D eigenvalue weighted by Crippen LogP contribution is -2.30. The minimum Gasteiger partial charge on any atom is -0.315 e. The summed E-state index contributed by atoms with van der Waals surface area (Å²) in [4.78, 5) is 0. The van der Waals surface area contributed by atoms with Crippen molar-refractivity contribution in [1.82, 2.24) is 10.0 Å². The van der Waals surface area contributed by atoms with Gasteiger partial charge in [0.2, 0.25) is 10.0 Å². The zero-order valence-corrected chi connectivity index (χ0v) is 14.3. The lowest BCUT2D eigenvalue weighted by molar-refractivity contribution is 0.549. The zero-order valence-electron chi connectivity index (χ0n) is 13.5. The molecule has 1 rings (SSSR count). The van der Waals surface area contributed by atoms with Gasteiger partial charge in [-0.3, -0.25) is 0 Å². The zero-order chi connectivity index (χ0) is 15.9. The lowest BCUT2D eigenvalue weighted by atomic mass is 10.1. The van der Waals surface area contributed by atoms with Crippen molar-refractivity contribution in [2.24, 2.45) is 0 Å². The molecule has 0 aromatic heterocycles. The van der Waals surface area contributed by atoms with Crippen molar-refractivity contribution in [3.8, 4) is 0 Å². The molecule has 0 saturated carbocycles. The van der Waals surface area contributed by atoms with Gasteiger partial charge in [-0.05, 0) is 38.8 Å². The summed E-state index contributed by atoms with van der Waals surface area (Å²) in [6.07, 6.45) is 1.55. The van der Waals surface area contributed by atoms with Crippen LogP contribution in [0.3, 0.4) is 0 Å². The number of hydrogen-bond acceptors (Lipinski definition) is 3. The van der Waals surface area contributed by atoms with E-state index in [0.29, 0.717) is 12.5 Å². The van der Waals surface area contributed by atoms with E-state index in [-0.39, 0.29) is 11.8 Å². The SMILES string of the molecule is Cc1ccc(C(C)NS(=O)(=O)CCCCNC(C)C)cc1. The molecule has 21 heavy (non-hydrogen) atoms. The van der Waals surface area contributed by atoms with E-state index < -0.39 is 10.0 Å². The topological polar surface area (TPSA) is 58.2 Å². The first kappa shape index (κ1) is 18.1. The van der Waals surface area contributed by atoms with Crippen LogP contribution in [0.5, 0.6) is 0 Å². The van der Waals surface area contributed by atoms with Gasteiger partial charge in [-0.2, -0.15) is 0 Å². The minimum absolute atomic E-state index is 0.184. The number of aryl methyl sites for hydroxylation is 1. The Morgan fingerprint density at radius 3 is 2.24 bits per heavy atom. The third-order valence-electron chi connectivity index (χ3n) is 3.33. The fraction of sp³-hybridized carbons (Fsp3) is 0.625. The van der Waals surface area contributed by atoms with Crippen LogP contribution >= 0.6 is 0 Å². The molecule has 0 aliphatic heterocycles. The van der Waals surface area contributed by atoms with Crippen LogP contribution in [-0.2, 0) is 10.0 Å². The van der Waals surface area contributed by atoms with Gasteiger partial charge in [-0.1, -0.05) is 43.7 Å². The van der Waals surface area contributed by atoms with E-state index in [1.807, 2.05) is 38.1 Å². The molecule has 1 unspecified atom stereocenters. The molecule has 1 aromatic rings. The van der Waals surface area contributed by atoms with Crippen LogP contribution < -0.4 is 10.0 Å². The monoisotopic (exact) mass is 312 g/mol. The van der Waals surface area contributed by atoms with Crippen molar-refractivity contribution in [3.63, 3.8) is 0 Å². The number of rotatable bonds is 9. The van der Waals surface area contributed by atoms with Crippen LogP contribution in [0.2, 0.25) is 0 Å². The van der Waals surface area contributed by atoms with Crippen molar-refractivity contribution in [2.75, 3.05) is 12.3 Å². The quantitative estimate of drug-likeness (QED) is 0.689. The summed E-state index contributed by atoms with van der Waals surface area (Å²) >= 11 is 0. The van der Waals surface area contributed by atoms with Crippen molar-refractivity contribution in [3.05, 3.63) is 35.4 Å². The maximum Gasteiger partial charge on any atom is 0.212 e. The van der Waals surface area contributed by atoms with Crippen molar-refractivity contribution in [2.45, 2.75) is 52.6 Å². The van der Waals surface area contributed by atoms with Gasteiger partial charge in [0.1, 0.15) is 0 Å². The van der Waals surface area contributed by atoms with Gasteiger partial charge in [-0.15, -0.1) is 0 Å². The predicted octanol–water partition coefficient (Wildman–Crippen LogP) is 2.75. The number of benzene rings is 1. The van der Waals surface area contributed by atoms with Gasteiger partial charge in [0.05, 0.1) is 5.75 Å².